The van der Waals surface area contributed by atoms with E-state index in [4.69, 9.17) is 33.3 Å². The molecule has 0 aromatic rings. The molecule has 0 rings (SSSR count). The summed E-state index contributed by atoms with van der Waals surface area (Å²) in [7, 11) is 0. The lowest BCUT2D eigenvalue weighted by Gasteiger charge is -2.20. The summed E-state index contributed by atoms with van der Waals surface area (Å²) in [5.41, 5.74) is 15.9. The minimum absolute atomic E-state index is 0.0114. The lowest BCUT2D eigenvalue weighted by Crippen LogP contribution is -2.55. The maximum atomic E-state index is 12.8. The van der Waals surface area contributed by atoms with Gasteiger partial charge in [-0.05, 0) is 25.7 Å². The van der Waals surface area contributed by atoms with Gasteiger partial charge in [0.1, 0.15) is 18.1 Å². The molecule has 0 saturated carbocycles. The van der Waals surface area contributed by atoms with E-state index in [1.54, 1.807) is 0 Å². The first-order valence-corrected chi connectivity index (χ1v) is 14.5. The van der Waals surface area contributed by atoms with E-state index in [-0.39, 0.29) is 31.8 Å². The van der Waals surface area contributed by atoms with Crippen LogP contribution in [0.3, 0.4) is 0 Å². The Morgan fingerprint density at radius 1 is 0.745 bits per heavy atom. The number of carbonyl (C=O) groups is 8. The van der Waals surface area contributed by atoms with Crippen LogP contribution in [0.15, 0.2) is 4.99 Å². The number of aliphatic hydroxyl groups excluding tert-OH is 1. The molecule has 22 heteroatoms. The summed E-state index contributed by atoms with van der Waals surface area (Å²) >= 11 is 0. The summed E-state index contributed by atoms with van der Waals surface area (Å²) in [6.07, 6.45) is 1.06. The van der Waals surface area contributed by atoms with Crippen LogP contribution in [0.5, 0.6) is 0 Å². The topological polar surface area (TPSA) is 375 Å². The van der Waals surface area contributed by atoms with Gasteiger partial charge in [-0.1, -0.05) is 12.8 Å². The maximum Gasteiger partial charge on any atom is 0.425 e. The Hall–Kier alpha value is -5.09. The van der Waals surface area contributed by atoms with Crippen LogP contribution in [0.25, 0.3) is 0 Å². The number of hydrogen-bond acceptors (Lipinski definition) is 13. The highest BCUT2D eigenvalue weighted by molar-refractivity contribution is 5.98. The molecule has 22 nitrogen and oxygen atoms in total. The molecule has 3 atom stereocenters. The highest BCUT2D eigenvalue weighted by atomic mass is 16.7. The zero-order valence-electron chi connectivity index (χ0n) is 25.7. The number of carboxylic acid groups (broad SMARTS) is 1. The molecule has 0 saturated heterocycles. The van der Waals surface area contributed by atoms with Gasteiger partial charge in [-0.3, -0.25) is 43.9 Å². The minimum Gasteiger partial charge on any atom is -0.481 e. The second-order valence-corrected chi connectivity index (χ2v) is 9.92. The van der Waals surface area contributed by atoms with Crippen LogP contribution in [0.4, 0.5) is 4.79 Å². The predicted molar refractivity (Wildman–Crippen MR) is 162 cm³/mol. The molecule has 0 aromatic heterocycles. The van der Waals surface area contributed by atoms with Crippen LogP contribution >= 0.6 is 0 Å². The van der Waals surface area contributed by atoms with Crippen LogP contribution < -0.4 is 55.0 Å². The fraction of sp³-hybridized carbons (Fsp3) is 0.640. The highest BCUT2D eigenvalue weighted by Crippen LogP contribution is 2.03. The standard InChI is InChI=1S/C25H45N11O11/c26-14(13-37)21(43)35-16(10-20(41)42)23(45)33-11-18(39)34-15(6-5-9-30-24(27)28)22(44)32-12-19(40)36-17(38)7-3-1-2-4-8-31-25(46)47-29/h14-16,37H,1-13,26,29H2,(H,31,46)(H,32,44)(H,33,45)(H,34,39)(H,35,43)(H,41,42)(H4,27,28,30)(H,36,38,40)/t14-,15-,16-/m0/s1. The maximum absolute atomic E-state index is 12.8. The number of nitrogens with two attached hydrogens (primary N) is 4. The van der Waals surface area contributed by atoms with Gasteiger partial charge in [0.25, 0.3) is 0 Å². The van der Waals surface area contributed by atoms with Gasteiger partial charge in [0.2, 0.25) is 35.4 Å². The third kappa shape index (κ3) is 21.3. The molecule has 0 aliphatic rings. The highest BCUT2D eigenvalue weighted by Gasteiger charge is 2.27. The van der Waals surface area contributed by atoms with E-state index in [0.29, 0.717) is 32.2 Å². The Labute approximate surface area is 269 Å². The number of carboxylic acids is 1. The Balaban J connectivity index is 4.94. The second kappa shape index (κ2) is 24.2. The van der Waals surface area contributed by atoms with E-state index in [9.17, 15) is 38.4 Å². The van der Waals surface area contributed by atoms with Crippen LogP contribution in [0.2, 0.25) is 0 Å². The van der Waals surface area contributed by atoms with Crippen molar-refractivity contribution < 1.29 is 53.4 Å². The van der Waals surface area contributed by atoms with Crippen molar-refractivity contribution >= 4 is 53.5 Å². The van der Waals surface area contributed by atoms with Crippen molar-refractivity contribution in [3.8, 4) is 0 Å². The predicted octanol–water partition coefficient (Wildman–Crippen LogP) is -5.77. The average Bonchev–Trinajstić information content (AvgIpc) is 3.01. The van der Waals surface area contributed by atoms with Gasteiger partial charge < -0.3 is 58.8 Å². The molecule has 266 valence electrons. The number of aliphatic hydroxyl groups is 1. The third-order valence-electron chi connectivity index (χ3n) is 5.97. The van der Waals surface area contributed by atoms with Gasteiger partial charge in [-0.2, -0.15) is 5.90 Å². The fourth-order valence-electron chi connectivity index (χ4n) is 3.60. The van der Waals surface area contributed by atoms with E-state index in [2.05, 4.69) is 41.7 Å². The Morgan fingerprint density at radius 2 is 1.36 bits per heavy atom. The van der Waals surface area contributed by atoms with Crippen molar-refractivity contribution in [2.75, 3.05) is 32.8 Å². The zero-order chi connectivity index (χ0) is 35.8. The smallest absolute Gasteiger partial charge is 0.425 e. The van der Waals surface area contributed by atoms with E-state index in [1.165, 1.54) is 0 Å². The molecule has 16 N–H and O–H groups in total. The first-order chi connectivity index (χ1) is 22.2. The molecule has 0 aromatic carbocycles. The van der Waals surface area contributed by atoms with Crippen LogP contribution in [0.1, 0.15) is 51.4 Å². The number of rotatable bonds is 23. The summed E-state index contributed by atoms with van der Waals surface area (Å²) in [6, 6.07) is -4.29. The number of carbonyl (C=O) groups excluding carboxylic acids is 7. The van der Waals surface area contributed by atoms with Gasteiger partial charge in [0.15, 0.2) is 5.96 Å². The first-order valence-electron chi connectivity index (χ1n) is 14.5. The number of unbranched alkanes of at least 4 members (excludes halogenated alkanes) is 3. The summed E-state index contributed by atoms with van der Waals surface area (Å²) < 4.78 is 0. The van der Waals surface area contributed by atoms with Crippen molar-refractivity contribution in [3.63, 3.8) is 0 Å². The number of amides is 7. The van der Waals surface area contributed by atoms with Gasteiger partial charge >= 0.3 is 12.1 Å². The van der Waals surface area contributed by atoms with Crippen molar-refractivity contribution in [2.45, 2.75) is 69.5 Å². The quantitative estimate of drug-likeness (QED) is 0.0208. The molecular weight excluding hydrogens is 630 g/mol. The first kappa shape index (κ1) is 41.9. The van der Waals surface area contributed by atoms with Crippen LogP contribution in [-0.2, 0) is 38.4 Å². The number of nitrogens with one attached hydrogen (secondary N) is 6. The monoisotopic (exact) mass is 675 g/mol. The SMILES string of the molecule is NOC(=O)NCCCCCCC(=O)NC(=O)CNC(=O)[C@H](CCCN=C(N)N)NC(=O)CNC(=O)[C@H](CC(=O)O)NC(=O)[C@@H](N)CO. The molecule has 0 spiro atoms. The molecule has 47 heavy (non-hydrogen) atoms. The summed E-state index contributed by atoms with van der Waals surface area (Å²) in [5.74, 6) is -2.08. The van der Waals surface area contributed by atoms with E-state index >= 15 is 0 Å². The normalized spacial score (nSPS) is 12.2. The number of hydrogen-bond donors (Lipinski definition) is 12. The molecule has 0 fully saturated rings. The molecule has 0 radical (unpaired) electrons. The molecule has 0 aliphatic carbocycles. The van der Waals surface area contributed by atoms with Gasteiger partial charge in [0.05, 0.1) is 26.1 Å². The van der Waals surface area contributed by atoms with Gasteiger partial charge in [0, 0.05) is 19.5 Å². The third-order valence-corrected chi connectivity index (χ3v) is 5.97. The van der Waals surface area contributed by atoms with Crippen molar-refractivity contribution in [1.29, 1.82) is 0 Å². The average molecular weight is 676 g/mol. The largest absolute Gasteiger partial charge is 0.481 e. The molecule has 0 heterocycles. The van der Waals surface area contributed by atoms with E-state index < -0.39 is 91.7 Å². The van der Waals surface area contributed by atoms with Gasteiger partial charge in [-0.15, -0.1) is 0 Å². The number of aliphatic imine (C=N–C) groups is 1. The summed E-state index contributed by atoms with van der Waals surface area (Å²) in [4.78, 5) is 104. The lowest BCUT2D eigenvalue weighted by atomic mass is 10.1. The summed E-state index contributed by atoms with van der Waals surface area (Å²) in [5, 5.41) is 31.4. The Bertz CT molecular complexity index is 1120. The Kier molecular flexibility index (Phi) is 21.6. The molecule has 0 bridgehead atoms. The number of imide groups is 1. The number of nitrogens with zero attached hydrogens (tertiary/aromatic N) is 1. The second-order valence-electron chi connectivity index (χ2n) is 9.92. The van der Waals surface area contributed by atoms with Crippen molar-refractivity contribution in [1.82, 2.24) is 31.9 Å². The van der Waals surface area contributed by atoms with Crippen molar-refractivity contribution in [3.05, 3.63) is 0 Å². The van der Waals surface area contributed by atoms with Gasteiger partial charge in [-0.25, -0.2) is 4.79 Å². The van der Waals surface area contributed by atoms with Crippen LogP contribution in [-0.4, -0.2) is 115 Å². The van der Waals surface area contributed by atoms with Crippen LogP contribution in [0, 0.1) is 0 Å². The van der Waals surface area contributed by atoms with E-state index in [1.807, 2.05) is 0 Å². The summed E-state index contributed by atoms with van der Waals surface area (Å²) in [6.45, 7) is -1.66. The number of guanidine groups is 1. The Morgan fingerprint density at radius 3 is 1.96 bits per heavy atom. The minimum atomic E-state index is -1.63. The van der Waals surface area contributed by atoms with E-state index in [0.717, 1.165) is 0 Å². The fourth-order valence-corrected chi connectivity index (χ4v) is 3.60. The molecular formula is C25H45N11O11. The molecule has 0 unspecified atom stereocenters. The number of aliphatic carboxylic acids is 1. The zero-order valence-corrected chi connectivity index (χ0v) is 25.7. The molecule has 7 amide bonds. The lowest BCUT2D eigenvalue weighted by molar-refractivity contribution is -0.141. The molecule has 0 aliphatic heterocycles. The van der Waals surface area contributed by atoms with Crippen molar-refractivity contribution in [2.24, 2.45) is 28.1 Å².